The van der Waals surface area contributed by atoms with Gasteiger partial charge in [0.15, 0.2) is 0 Å². The van der Waals surface area contributed by atoms with Crippen LogP contribution in [0.25, 0.3) is 16.6 Å². The lowest BCUT2D eigenvalue weighted by Gasteiger charge is -2.14. The van der Waals surface area contributed by atoms with Gasteiger partial charge in [0.25, 0.3) is 5.56 Å². The molecule has 1 amide bonds. The number of benzene rings is 1. The average Bonchev–Trinajstić information content (AvgIpc) is 3.24. The number of carbonyl (C=O) groups excluding carboxylic acids is 1. The molecule has 2 aromatic heterocycles. The van der Waals surface area contributed by atoms with Crippen molar-refractivity contribution in [2.45, 2.75) is 70.9 Å². The highest BCUT2D eigenvalue weighted by atomic mass is 16.2. The molecule has 156 valence electrons. The molecule has 7 nitrogen and oxygen atoms in total. The fraction of sp³-hybridized carbons (Fsp3) is 0.478. The second kappa shape index (κ2) is 7.38. The Bertz CT molecular complexity index is 1180. The summed E-state index contributed by atoms with van der Waals surface area (Å²) in [5.74, 6) is 0.198. The Kier molecular flexibility index (Phi) is 4.68. The van der Waals surface area contributed by atoms with Gasteiger partial charge in [-0.05, 0) is 51.2 Å². The molecule has 0 saturated heterocycles. The standard InChI is InChI=1S/C23H27N5O2/c1-14-7-10-19(15(2)11-14)28-22-18(12-24-28)21(16-8-9-16)26-27(23(22)30)13-20(29)25-17-5-3-4-6-17/h7,10-12,16-17H,3-6,8-9,13H2,1-2H3,(H,25,29). The Morgan fingerprint density at radius 2 is 1.93 bits per heavy atom. The molecule has 2 fully saturated rings. The molecule has 1 aromatic carbocycles. The van der Waals surface area contributed by atoms with Gasteiger partial charge in [0.05, 0.1) is 17.6 Å². The lowest BCUT2D eigenvalue weighted by Crippen LogP contribution is -2.38. The Balaban J connectivity index is 1.59. The van der Waals surface area contributed by atoms with Crippen LogP contribution in [0.5, 0.6) is 0 Å². The largest absolute Gasteiger partial charge is 0.352 e. The number of rotatable bonds is 5. The molecule has 0 aliphatic heterocycles. The predicted molar refractivity (Wildman–Crippen MR) is 115 cm³/mol. The third-order valence-electron chi connectivity index (χ3n) is 6.27. The van der Waals surface area contributed by atoms with Gasteiger partial charge in [0, 0.05) is 17.3 Å². The van der Waals surface area contributed by atoms with E-state index in [2.05, 4.69) is 21.6 Å². The van der Waals surface area contributed by atoms with Gasteiger partial charge in [-0.3, -0.25) is 9.59 Å². The Morgan fingerprint density at radius 3 is 2.63 bits per heavy atom. The number of hydrogen-bond donors (Lipinski definition) is 1. The molecule has 0 atom stereocenters. The Hall–Kier alpha value is -2.96. The molecule has 3 aromatic rings. The lowest BCUT2D eigenvalue weighted by atomic mass is 10.1. The van der Waals surface area contributed by atoms with Crippen molar-refractivity contribution in [2.24, 2.45) is 0 Å². The zero-order valence-electron chi connectivity index (χ0n) is 17.5. The molecule has 0 radical (unpaired) electrons. The number of nitrogens with zero attached hydrogens (tertiary/aromatic N) is 4. The number of amides is 1. The van der Waals surface area contributed by atoms with Gasteiger partial charge < -0.3 is 5.32 Å². The van der Waals surface area contributed by atoms with Crippen molar-refractivity contribution in [1.29, 1.82) is 0 Å². The highest BCUT2D eigenvalue weighted by Gasteiger charge is 2.30. The summed E-state index contributed by atoms with van der Waals surface area (Å²) in [7, 11) is 0. The summed E-state index contributed by atoms with van der Waals surface area (Å²) < 4.78 is 3.05. The predicted octanol–water partition coefficient (Wildman–Crippen LogP) is 3.14. The summed E-state index contributed by atoms with van der Waals surface area (Å²) in [4.78, 5) is 26.0. The van der Waals surface area contributed by atoms with Crippen molar-refractivity contribution in [2.75, 3.05) is 0 Å². The van der Waals surface area contributed by atoms with Crippen LogP contribution >= 0.6 is 0 Å². The summed E-state index contributed by atoms with van der Waals surface area (Å²) in [5.41, 5.74) is 4.21. The normalized spacial score (nSPS) is 17.0. The molecule has 0 bridgehead atoms. The number of aromatic nitrogens is 4. The average molecular weight is 406 g/mol. The van der Waals surface area contributed by atoms with Crippen LogP contribution in [0.1, 0.15) is 61.3 Å². The minimum atomic E-state index is -0.270. The number of hydrogen-bond acceptors (Lipinski definition) is 4. The minimum Gasteiger partial charge on any atom is -0.352 e. The van der Waals surface area contributed by atoms with Gasteiger partial charge in [0.2, 0.25) is 5.91 Å². The zero-order valence-corrected chi connectivity index (χ0v) is 17.5. The maximum Gasteiger partial charge on any atom is 0.293 e. The van der Waals surface area contributed by atoms with Crippen molar-refractivity contribution < 1.29 is 4.79 Å². The van der Waals surface area contributed by atoms with Crippen molar-refractivity contribution in [3.63, 3.8) is 0 Å². The fourth-order valence-corrected chi connectivity index (χ4v) is 4.56. The number of carbonyl (C=O) groups is 1. The van der Waals surface area contributed by atoms with Crippen LogP contribution in [0, 0.1) is 13.8 Å². The third kappa shape index (κ3) is 3.42. The molecule has 30 heavy (non-hydrogen) atoms. The minimum absolute atomic E-state index is 0.0525. The highest BCUT2D eigenvalue weighted by Crippen LogP contribution is 2.41. The van der Waals surface area contributed by atoms with E-state index < -0.39 is 0 Å². The molecule has 0 spiro atoms. The van der Waals surface area contributed by atoms with Gasteiger partial charge in [-0.15, -0.1) is 0 Å². The number of nitrogens with one attached hydrogen (secondary N) is 1. The van der Waals surface area contributed by atoms with Crippen LogP contribution < -0.4 is 10.9 Å². The van der Waals surface area contributed by atoms with E-state index in [-0.39, 0.29) is 24.1 Å². The molecule has 1 N–H and O–H groups in total. The van der Waals surface area contributed by atoms with E-state index in [1.165, 1.54) is 4.68 Å². The SMILES string of the molecule is Cc1ccc(-n2ncc3c(C4CC4)nn(CC(=O)NC4CCCC4)c(=O)c32)c(C)c1. The van der Waals surface area contributed by atoms with Crippen molar-refractivity contribution in [3.8, 4) is 5.69 Å². The van der Waals surface area contributed by atoms with Crippen molar-refractivity contribution in [3.05, 3.63) is 51.6 Å². The maximum atomic E-state index is 13.4. The van der Waals surface area contributed by atoms with E-state index in [1.807, 2.05) is 26.0 Å². The molecule has 0 unspecified atom stereocenters. The highest BCUT2D eigenvalue weighted by molar-refractivity contribution is 5.83. The second-order valence-electron chi connectivity index (χ2n) is 8.78. The number of fused-ring (bicyclic) bond motifs is 1. The first kappa shape index (κ1) is 19.0. The molecular formula is C23H27N5O2. The van der Waals surface area contributed by atoms with Gasteiger partial charge in [-0.1, -0.05) is 30.5 Å². The first-order valence-corrected chi connectivity index (χ1v) is 10.9. The van der Waals surface area contributed by atoms with E-state index in [1.54, 1.807) is 10.9 Å². The van der Waals surface area contributed by atoms with E-state index >= 15 is 0 Å². The van der Waals surface area contributed by atoms with E-state index in [9.17, 15) is 9.59 Å². The first-order chi connectivity index (χ1) is 14.5. The summed E-state index contributed by atoms with van der Waals surface area (Å²) in [6.45, 7) is 4.01. The molecule has 5 rings (SSSR count). The topological polar surface area (TPSA) is 81.8 Å². The van der Waals surface area contributed by atoms with Crippen LogP contribution in [0.4, 0.5) is 0 Å². The van der Waals surface area contributed by atoms with Gasteiger partial charge in [-0.2, -0.15) is 10.2 Å². The van der Waals surface area contributed by atoms with Crippen LogP contribution in [-0.2, 0) is 11.3 Å². The molecule has 7 heteroatoms. The van der Waals surface area contributed by atoms with Gasteiger partial charge in [-0.25, -0.2) is 9.36 Å². The summed E-state index contributed by atoms with van der Waals surface area (Å²) in [6.07, 6.45) is 8.19. The third-order valence-corrected chi connectivity index (χ3v) is 6.27. The van der Waals surface area contributed by atoms with Crippen molar-refractivity contribution >= 4 is 16.8 Å². The smallest absolute Gasteiger partial charge is 0.293 e. The zero-order chi connectivity index (χ0) is 20.8. The van der Waals surface area contributed by atoms with Crippen molar-refractivity contribution in [1.82, 2.24) is 24.9 Å². The second-order valence-corrected chi connectivity index (χ2v) is 8.78. The Labute approximate surface area is 175 Å². The van der Waals surface area contributed by atoms with Crippen LogP contribution in [0.3, 0.4) is 0 Å². The van der Waals surface area contributed by atoms with Gasteiger partial charge in [0.1, 0.15) is 12.1 Å². The molecule has 2 aliphatic carbocycles. The number of aryl methyl sites for hydroxylation is 2. The van der Waals surface area contributed by atoms with E-state index in [0.717, 1.165) is 66.4 Å². The lowest BCUT2D eigenvalue weighted by molar-refractivity contribution is -0.122. The summed E-state index contributed by atoms with van der Waals surface area (Å²) in [5, 5.41) is 13.0. The van der Waals surface area contributed by atoms with Crippen LogP contribution in [0.15, 0.2) is 29.2 Å². The van der Waals surface area contributed by atoms with E-state index in [0.29, 0.717) is 11.4 Å². The first-order valence-electron chi connectivity index (χ1n) is 10.9. The monoisotopic (exact) mass is 405 g/mol. The van der Waals surface area contributed by atoms with Crippen LogP contribution in [0.2, 0.25) is 0 Å². The summed E-state index contributed by atoms with van der Waals surface area (Å²) >= 11 is 0. The summed E-state index contributed by atoms with van der Waals surface area (Å²) in [6, 6.07) is 6.32. The van der Waals surface area contributed by atoms with E-state index in [4.69, 9.17) is 0 Å². The fourth-order valence-electron chi connectivity index (χ4n) is 4.56. The molecule has 2 aliphatic rings. The maximum absolute atomic E-state index is 13.4. The van der Waals surface area contributed by atoms with Crippen LogP contribution in [-0.4, -0.2) is 31.5 Å². The Morgan fingerprint density at radius 1 is 1.17 bits per heavy atom. The quantitative estimate of drug-likeness (QED) is 0.707. The molecule has 2 saturated carbocycles. The molecule has 2 heterocycles. The van der Waals surface area contributed by atoms with Gasteiger partial charge >= 0.3 is 0 Å². The molecular weight excluding hydrogens is 378 g/mol.